The van der Waals surface area contributed by atoms with E-state index in [1.54, 1.807) is 0 Å². The van der Waals surface area contributed by atoms with Crippen molar-refractivity contribution in [3.05, 3.63) is 12.2 Å². The van der Waals surface area contributed by atoms with E-state index >= 15 is 0 Å². The van der Waals surface area contributed by atoms with Gasteiger partial charge >= 0.3 is 0 Å². The maximum Gasteiger partial charge on any atom is 0.0317 e. The van der Waals surface area contributed by atoms with Crippen molar-refractivity contribution in [1.82, 2.24) is 4.90 Å². The molecule has 0 saturated carbocycles. The topological polar surface area (TPSA) is 29.3 Å². The first kappa shape index (κ1) is 9.75. The number of hydrogen-bond acceptors (Lipinski definition) is 2. The predicted molar refractivity (Wildman–Crippen MR) is 53.1 cm³/mol. The molecule has 2 heteroatoms. The van der Waals surface area contributed by atoms with Crippen LogP contribution in [-0.2, 0) is 0 Å². The minimum atomic E-state index is 0.564. The van der Waals surface area contributed by atoms with Gasteiger partial charge in [0.2, 0.25) is 0 Å². The summed E-state index contributed by atoms with van der Waals surface area (Å²) in [6, 6.07) is 0.564. The molecule has 1 aliphatic rings. The van der Waals surface area contributed by atoms with E-state index in [0.717, 1.165) is 6.54 Å². The Kier molecular flexibility index (Phi) is 3.76. The lowest BCUT2D eigenvalue weighted by Crippen LogP contribution is -2.41. The van der Waals surface area contributed by atoms with Gasteiger partial charge in [-0.2, -0.15) is 0 Å². The van der Waals surface area contributed by atoms with E-state index in [-0.39, 0.29) is 0 Å². The highest BCUT2D eigenvalue weighted by atomic mass is 15.2. The zero-order chi connectivity index (χ0) is 8.97. The number of likely N-dealkylation sites (tertiary alicyclic amines) is 1. The summed E-state index contributed by atoms with van der Waals surface area (Å²) in [5.74, 6) is 0. The molecular weight excluding hydrogens is 148 g/mol. The monoisotopic (exact) mass is 168 g/mol. The molecule has 0 aromatic rings. The van der Waals surface area contributed by atoms with E-state index in [4.69, 9.17) is 5.73 Å². The molecule has 0 bridgehead atoms. The number of rotatable bonds is 3. The zero-order valence-electron chi connectivity index (χ0n) is 8.05. The summed E-state index contributed by atoms with van der Waals surface area (Å²) in [6.45, 7) is 9.23. The summed E-state index contributed by atoms with van der Waals surface area (Å²) in [4.78, 5) is 2.48. The first-order valence-electron chi connectivity index (χ1n) is 4.91. The highest BCUT2D eigenvalue weighted by Crippen LogP contribution is 2.20. The number of hydrogen-bond donors (Lipinski definition) is 1. The third-order valence-corrected chi connectivity index (χ3v) is 2.75. The van der Waals surface area contributed by atoms with Crippen molar-refractivity contribution >= 4 is 0 Å². The second-order valence-electron chi connectivity index (χ2n) is 3.50. The molecule has 70 valence electrons. The highest BCUT2D eigenvalue weighted by Gasteiger charge is 2.21. The molecule has 1 heterocycles. The summed E-state index contributed by atoms with van der Waals surface area (Å²) in [7, 11) is 0. The average Bonchev–Trinajstić information content (AvgIpc) is 2.16. The van der Waals surface area contributed by atoms with Crippen LogP contribution in [0.15, 0.2) is 12.2 Å². The summed E-state index contributed by atoms with van der Waals surface area (Å²) < 4.78 is 0. The lowest BCUT2D eigenvalue weighted by atomic mass is 9.96. The van der Waals surface area contributed by atoms with E-state index in [0.29, 0.717) is 12.6 Å². The van der Waals surface area contributed by atoms with Gasteiger partial charge in [-0.3, -0.25) is 4.90 Å². The normalized spacial score (nSPS) is 25.7. The molecular formula is C10H20N2. The third kappa shape index (κ3) is 2.08. The minimum absolute atomic E-state index is 0.564. The second kappa shape index (κ2) is 4.63. The molecule has 1 unspecified atom stereocenters. The Labute approximate surface area is 75.4 Å². The van der Waals surface area contributed by atoms with Crippen LogP contribution in [0, 0.1) is 0 Å². The largest absolute Gasteiger partial charge is 0.327 e. The molecule has 0 amide bonds. The van der Waals surface area contributed by atoms with Gasteiger partial charge in [0.25, 0.3) is 0 Å². The minimum Gasteiger partial charge on any atom is -0.327 e. The lowest BCUT2D eigenvalue weighted by Gasteiger charge is -2.35. The van der Waals surface area contributed by atoms with E-state index in [1.165, 1.54) is 31.4 Å². The maximum atomic E-state index is 5.59. The van der Waals surface area contributed by atoms with Gasteiger partial charge in [-0.25, -0.2) is 0 Å². The fourth-order valence-electron chi connectivity index (χ4n) is 1.97. The van der Waals surface area contributed by atoms with Gasteiger partial charge in [0.05, 0.1) is 0 Å². The van der Waals surface area contributed by atoms with Crippen molar-refractivity contribution in [3.8, 4) is 0 Å². The van der Waals surface area contributed by atoms with Gasteiger partial charge in [0, 0.05) is 12.6 Å². The Morgan fingerprint density at radius 2 is 2.33 bits per heavy atom. The van der Waals surface area contributed by atoms with E-state index in [2.05, 4.69) is 18.4 Å². The van der Waals surface area contributed by atoms with Crippen LogP contribution < -0.4 is 5.73 Å². The molecule has 1 atom stereocenters. The SMILES string of the molecule is C=C(CN)C1CCCCN1CC. The molecule has 0 aliphatic carbocycles. The quantitative estimate of drug-likeness (QED) is 0.645. The number of likely N-dealkylation sites (N-methyl/N-ethyl adjacent to an activating group) is 1. The van der Waals surface area contributed by atoms with Gasteiger partial charge in [0.15, 0.2) is 0 Å². The van der Waals surface area contributed by atoms with Crippen LogP contribution in [0.1, 0.15) is 26.2 Å². The Morgan fingerprint density at radius 1 is 1.58 bits per heavy atom. The fourth-order valence-corrected chi connectivity index (χ4v) is 1.97. The van der Waals surface area contributed by atoms with Crippen molar-refractivity contribution in [2.24, 2.45) is 5.73 Å². The first-order chi connectivity index (χ1) is 5.79. The summed E-state index contributed by atoms with van der Waals surface area (Å²) in [5.41, 5.74) is 6.80. The van der Waals surface area contributed by atoms with Crippen molar-refractivity contribution in [2.45, 2.75) is 32.2 Å². The highest BCUT2D eigenvalue weighted by molar-refractivity contribution is 5.08. The Bertz CT molecular complexity index is 154. The molecule has 0 aromatic carbocycles. The Morgan fingerprint density at radius 3 is 2.92 bits per heavy atom. The molecule has 1 saturated heterocycles. The number of piperidine rings is 1. The van der Waals surface area contributed by atoms with Crippen molar-refractivity contribution in [1.29, 1.82) is 0 Å². The van der Waals surface area contributed by atoms with Crippen molar-refractivity contribution in [3.63, 3.8) is 0 Å². The smallest absolute Gasteiger partial charge is 0.0317 e. The van der Waals surface area contributed by atoms with Gasteiger partial charge < -0.3 is 5.73 Å². The van der Waals surface area contributed by atoms with Gasteiger partial charge in [-0.15, -0.1) is 0 Å². The molecule has 0 aromatic heterocycles. The van der Waals surface area contributed by atoms with Crippen LogP contribution in [0.3, 0.4) is 0 Å². The molecule has 1 fully saturated rings. The van der Waals surface area contributed by atoms with Crippen molar-refractivity contribution in [2.75, 3.05) is 19.6 Å². The molecule has 12 heavy (non-hydrogen) atoms. The van der Waals surface area contributed by atoms with Crippen molar-refractivity contribution < 1.29 is 0 Å². The van der Waals surface area contributed by atoms with E-state index in [9.17, 15) is 0 Å². The maximum absolute atomic E-state index is 5.59. The van der Waals surface area contributed by atoms with Crippen LogP contribution >= 0.6 is 0 Å². The van der Waals surface area contributed by atoms with Gasteiger partial charge in [-0.05, 0) is 31.5 Å². The van der Waals surface area contributed by atoms with Gasteiger partial charge in [-0.1, -0.05) is 19.9 Å². The molecule has 1 rings (SSSR count). The van der Waals surface area contributed by atoms with E-state index in [1.807, 2.05) is 0 Å². The predicted octanol–water partition coefficient (Wildman–Crippen LogP) is 1.38. The molecule has 0 spiro atoms. The van der Waals surface area contributed by atoms with Crippen LogP contribution in [-0.4, -0.2) is 30.6 Å². The molecule has 2 nitrogen and oxygen atoms in total. The van der Waals surface area contributed by atoms with Crippen LogP contribution in [0.5, 0.6) is 0 Å². The van der Waals surface area contributed by atoms with E-state index < -0.39 is 0 Å². The molecule has 1 aliphatic heterocycles. The summed E-state index contributed by atoms with van der Waals surface area (Å²) in [6.07, 6.45) is 3.92. The Balaban J connectivity index is 2.52. The standard InChI is InChI=1S/C10H20N2/c1-3-12-7-5-4-6-10(12)9(2)8-11/h10H,2-8,11H2,1H3. The molecule has 2 N–H and O–H groups in total. The summed E-state index contributed by atoms with van der Waals surface area (Å²) in [5, 5.41) is 0. The average molecular weight is 168 g/mol. The number of nitrogens with two attached hydrogens (primary N) is 1. The third-order valence-electron chi connectivity index (χ3n) is 2.75. The first-order valence-corrected chi connectivity index (χ1v) is 4.91. The van der Waals surface area contributed by atoms with Crippen LogP contribution in [0.2, 0.25) is 0 Å². The molecule has 0 radical (unpaired) electrons. The lowest BCUT2D eigenvalue weighted by molar-refractivity contribution is 0.180. The van der Waals surface area contributed by atoms with Crippen LogP contribution in [0.25, 0.3) is 0 Å². The Hall–Kier alpha value is -0.340. The summed E-state index contributed by atoms with van der Waals surface area (Å²) >= 11 is 0. The second-order valence-corrected chi connectivity index (χ2v) is 3.50. The zero-order valence-corrected chi connectivity index (χ0v) is 8.05. The van der Waals surface area contributed by atoms with Crippen LogP contribution in [0.4, 0.5) is 0 Å². The fraction of sp³-hybridized carbons (Fsp3) is 0.800. The number of nitrogens with zero attached hydrogens (tertiary/aromatic N) is 1. The van der Waals surface area contributed by atoms with Gasteiger partial charge in [0.1, 0.15) is 0 Å².